The van der Waals surface area contributed by atoms with Gasteiger partial charge in [-0.25, -0.2) is 26.9 Å². The van der Waals surface area contributed by atoms with Gasteiger partial charge in [0.25, 0.3) is 25.5 Å². The van der Waals surface area contributed by atoms with Gasteiger partial charge in [0.1, 0.15) is 25.1 Å². The minimum absolute atomic E-state index is 0.0593. The third kappa shape index (κ3) is 20.7. The summed E-state index contributed by atoms with van der Waals surface area (Å²) in [6, 6.07) is 8.65. The third-order valence-corrected chi connectivity index (χ3v) is 24.6. The van der Waals surface area contributed by atoms with E-state index in [0.717, 1.165) is 96.4 Å². The molecule has 4 fully saturated rings. The number of amides is 13. The van der Waals surface area contributed by atoms with Crippen molar-refractivity contribution in [3.05, 3.63) is 101 Å². The van der Waals surface area contributed by atoms with Crippen LogP contribution < -0.4 is 15.1 Å². The second-order valence-corrected chi connectivity index (χ2v) is 33.3. The Morgan fingerprint density at radius 3 is 1.57 bits per heavy atom. The number of alkyl halides is 2. The molecule has 2 aliphatic heterocycles. The summed E-state index contributed by atoms with van der Waals surface area (Å²) in [5, 5.41) is 23.3. The SMILES string of the molecule is CN(CC(=O)O)C(=O)CN(C)C(=O)CN(C)C(=O)CN(C)C(=O)CN(C)C(=O)CN(C)C(=O)CN(C)C(=O)CN(C)C(=O)CN(C)C(=O)CN(C)C(=O)c1cc(N2C(=O)C=CC2=O)ccc1CCC(=O)NCCOP(=O)(O)OP(=O)([O-])OCC(=O)[C@@]12O[C@H](c3cccc(F)c3)O[C@@H]1C[C@H]1[C@@H]3C[C@H](F)C4=CC(=O)C=C[C@]4(C)[C@@]3(F)[C@@H](O)C[C@@]12C. The highest BCUT2D eigenvalue weighted by molar-refractivity contribution is 7.60. The Hall–Kier alpha value is -10.3. The van der Waals surface area contributed by atoms with Crippen LogP contribution in [0.3, 0.4) is 0 Å². The minimum atomic E-state index is -6.08. The number of likely N-dealkylation sites (N-methyl/N-ethyl adjacent to an activating group) is 10. The molecule has 4 N–H and O–H groups in total. The number of nitrogens with one attached hydrogen (secondary N) is 1. The molecule has 2 unspecified atom stereocenters. The quantitative estimate of drug-likeness (QED) is 0.0345. The maximum atomic E-state index is 18.1. The maximum absolute atomic E-state index is 18.1. The maximum Gasteiger partial charge on any atom is 0.478 e. The number of aliphatic hydroxyl groups excluding tert-OH is 1. The summed E-state index contributed by atoms with van der Waals surface area (Å²) in [5.41, 5.74) is -8.84. The van der Waals surface area contributed by atoms with Crippen molar-refractivity contribution < 1.29 is 142 Å². The molecule has 644 valence electrons. The van der Waals surface area contributed by atoms with Crippen molar-refractivity contribution in [1.29, 1.82) is 0 Å². The Morgan fingerprint density at radius 1 is 0.636 bits per heavy atom. The number of phosphoric ester groups is 2. The highest BCUT2D eigenvalue weighted by Crippen LogP contribution is 2.73. The summed E-state index contributed by atoms with van der Waals surface area (Å²) in [4.78, 5) is 243. The number of ether oxygens (including phenoxy) is 2. The van der Waals surface area contributed by atoms with Crippen molar-refractivity contribution in [2.24, 2.45) is 22.7 Å². The van der Waals surface area contributed by atoms with E-state index in [0.29, 0.717) is 0 Å². The van der Waals surface area contributed by atoms with Gasteiger partial charge in [0.15, 0.2) is 29.1 Å². The number of carboxylic acids is 1. The monoisotopic (exact) mass is 1700 g/mol. The standard InChI is InChI=1S/C74H95F3N12O27P2/c1-71-23-22-47(90)28-51(71)52(76)29-50-49-30-55-74(72(49,2)31-53(91)73(50,71)77,115-70(114-55)44-14-13-15-45(75)26-44)54(92)42-113-118(110,111)116-117(108,109)112-25-24-78-56(93)19-17-43-16-18-46(89-57(94)20-21-58(89)95)27-48(43)69(107)88(12)40-67(104)86(10)38-65(102)84(8)36-63(100)82(6)34-61(98)80(4)32-59(96)79(3)33-60(97)81(5)35-62(99)83(7)37-64(101)85(9)39-66(103)87(11)41-68(105)106/h13-16,18,20-23,26-28,49-50,52-53,55,70,91H,17,19,24-25,29-42H2,1-12H3,(H,78,93)(H,105,106)(H,108,109)(H,110,111)/p-1/t49-,50-,52-,53-,55+,70+,71-,72-,73-,74+/m0/s1. The molecule has 39 nitrogen and oxygen atoms in total. The number of carboxylic acid groups (broad SMARTS) is 1. The molecule has 1 saturated heterocycles. The molecule has 12 atom stereocenters. The normalized spacial score (nSPS) is 24.3. The smallest absolute Gasteiger partial charge is 0.478 e. The Kier molecular flexibility index (Phi) is 29.5. The molecule has 2 heterocycles. The number of carbonyl (C=O) groups is 16. The Balaban J connectivity index is 0.787. The Morgan fingerprint density at radius 2 is 1.10 bits per heavy atom. The van der Waals surface area contributed by atoms with Crippen molar-refractivity contribution >= 4 is 116 Å². The van der Waals surface area contributed by atoms with E-state index >= 15 is 8.78 Å². The number of ketones is 2. The summed E-state index contributed by atoms with van der Waals surface area (Å²) < 4.78 is 102. The fraction of sp³-hybridized carbons (Fsp3) is 0.541. The van der Waals surface area contributed by atoms with Crippen LogP contribution in [0.15, 0.2) is 78.4 Å². The fourth-order valence-corrected chi connectivity index (χ4v) is 17.3. The summed E-state index contributed by atoms with van der Waals surface area (Å²) in [6.07, 6.45) is -3.65. The number of aryl methyl sites for hydroxylation is 1. The molecule has 3 saturated carbocycles. The van der Waals surface area contributed by atoms with Gasteiger partial charge in [-0.2, -0.15) is 0 Å². The topological polar surface area (TPSA) is 485 Å². The number of phosphoric acid groups is 2. The predicted molar refractivity (Wildman–Crippen MR) is 400 cm³/mol. The molecule has 118 heavy (non-hydrogen) atoms. The van der Waals surface area contributed by atoms with E-state index in [1.807, 2.05) is 0 Å². The van der Waals surface area contributed by atoms with Crippen LogP contribution in [0.1, 0.15) is 67.3 Å². The summed E-state index contributed by atoms with van der Waals surface area (Å²) in [6.45, 7) is -5.92. The number of nitrogens with zero attached hydrogens (tertiary/aromatic N) is 11. The molecule has 44 heteroatoms. The number of carbonyl (C=O) groups excluding carboxylic acids is 15. The summed E-state index contributed by atoms with van der Waals surface area (Å²) >= 11 is 0. The van der Waals surface area contributed by atoms with E-state index in [-0.39, 0.29) is 40.8 Å². The third-order valence-electron chi connectivity index (χ3n) is 22.1. The molecule has 0 aromatic heterocycles. The average Bonchev–Trinajstić information content (AvgIpc) is 1.46. The van der Waals surface area contributed by atoms with Gasteiger partial charge >= 0.3 is 13.8 Å². The lowest BCUT2D eigenvalue weighted by molar-refractivity contribution is -0.237. The molecule has 2 aromatic rings. The van der Waals surface area contributed by atoms with Crippen molar-refractivity contribution in [3.8, 4) is 0 Å². The van der Waals surface area contributed by atoms with E-state index in [4.69, 9.17) is 23.6 Å². The number of anilines is 1. The Bertz CT molecular complexity index is 4580. The summed E-state index contributed by atoms with van der Waals surface area (Å²) in [7, 11) is 0.686. The number of hydrogen-bond acceptors (Lipinski definition) is 25. The molecule has 0 spiro atoms. The number of hydrogen-bond donors (Lipinski definition) is 4. The number of Topliss-reactive ketones (excluding diaryl/α,β-unsaturated/α-hetero) is 1. The lowest BCUT2D eigenvalue weighted by Gasteiger charge is -2.63. The van der Waals surface area contributed by atoms with Crippen LogP contribution in [0.4, 0.5) is 18.9 Å². The van der Waals surface area contributed by atoms with Crippen LogP contribution in [0.2, 0.25) is 0 Å². The van der Waals surface area contributed by atoms with Gasteiger partial charge in [0, 0.05) is 123 Å². The summed E-state index contributed by atoms with van der Waals surface area (Å²) in [5.74, 6) is -15.9. The van der Waals surface area contributed by atoms with E-state index in [9.17, 15) is 105 Å². The van der Waals surface area contributed by atoms with Gasteiger partial charge in [-0.15, -0.1) is 0 Å². The number of allylic oxidation sites excluding steroid dienone is 4. The number of fused-ring (bicyclic) bond motifs is 7. The van der Waals surface area contributed by atoms with E-state index in [2.05, 4.69) is 9.63 Å². The molecule has 8 rings (SSSR count). The first-order valence-electron chi connectivity index (χ1n) is 36.7. The van der Waals surface area contributed by atoms with E-state index in [1.165, 1.54) is 115 Å². The molecule has 0 radical (unpaired) electrons. The van der Waals surface area contributed by atoms with Crippen molar-refractivity contribution in [3.63, 3.8) is 0 Å². The zero-order chi connectivity index (χ0) is 88.0. The molecule has 6 aliphatic rings. The van der Waals surface area contributed by atoms with Crippen molar-refractivity contribution in [2.75, 3.05) is 161 Å². The number of rotatable bonds is 36. The fourth-order valence-electron chi connectivity index (χ4n) is 15.3. The number of benzene rings is 2. The number of imide groups is 1. The first kappa shape index (κ1) is 93.2. The van der Waals surface area contributed by atoms with Crippen LogP contribution in [0, 0.1) is 28.5 Å². The highest BCUT2D eigenvalue weighted by Gasteiger charge is 2.80. The largest absolute Gasteiger partial charge is 0.756 e. The minimum Gasteiger partial charge on any atom is -0.756 e. The molecular formula is C74H94F3N12O27P2-. The lowest BCUT2D eigenvalue weighted by atomic mass is 9.44. The van der Waals surface area contributed by atoms with Gasteiger partial charge in [0.05, 0.1) is 83.4 Å². The first-order chi connectivity index (χ1) is 54.9. The molecule has 2 aromatic carbocycles. The van der Waals surface area contributed by atoms with Crippen molar-refractivity contribution in [1.82, 2.24) is 54.3 Å². The van der Waals surface area contributed by atoms with Crippen molar-refractivity contribution in [2.45, 2.75) is 81.9 Å². The zero-order valence-corrected chi connectivity index (χ0v) is 68.5. The number of halogens is 3. The lowest BCUT2D eigenvalue weighted by Crippen LogP contribution is -2.70. The predicted octanol–water partition coefficient (Wildman–Crippen LogP) is -1.44. The van der Waals surface area contributed by atoms with Crippen LogP contribution in [0.5, 0.6) is 0 Å². The molecule has 13 amide bonds. The van der Waals surface area contributed by atoms with Gasteiger partial charge in [-0.1, -0.05) is 31.2 Å². The second kappa shape index (κ2) is 37.3. The average molecular weight is 1700 g/mol. The Labute approximate surface area is 675 Å². The first-order valence-corrected chi connectivity index (χ1v) is 39.7. The number of aliphatic carboxylic acids is 1. The molecular weight excluding hydrogens is 1610 g/mol. The van der Waals surface area contributed by atoms with Gasteiger partial charge < -0.3 is 88.3 Å². The van der Waals surface area contributed by atoms with Crippen LogP contribution in [-0.4, -0.2) is 344 Å². The van der Waals surface area contributed by atoms with Gasteiger partial charge in [-0.05, 0) is 86.1 Å². The zero-order valence-electron chi connectivity index (χ0n) is 66.7. The number of aliphatic hydroxyl groups is 1. The van der Waals surface area contributed by atoms with E-state index < -0.39 is 279 Å². The van der Waals surface area contributed by atoms with Gasteiger partial charge in [-0.3, -0.25) is 85.8 Å². The van der Waals surface area contributed by atoms with Crippen LogP contribution >= 0.6 is 15.6 Å². The highest BCUT2D eigenvalue weighted by atomic mass is 31.3. The van der Waals surface area contributed by atoms with E-state index in [1.54, 1.807) is 0 Å². The molecule has 4 aliphatic carbocycles. The van der Waals surface area contributed by atoms with Gasteiger partial charge in [0.2, 0.25) is 59.1 Å². The second-order valence-electron chi connectivity index (χ2n) is 30.3. The van der Waals surface area contributed by atoms with Crippen LogP contribution in [-0.2, 0) is 110 Å². The molecule has 0 bridgehead atoms. The van der Waals surface area contributed by atoms with Crippen LogP contribution in [0.25, 0.3) is 0 Å².